The average Bonchev–Trinajstić information content (AvgIpc) is 2.51. The van der Waals surface area contributed by atoms with E-state index in [9.17, 15) is 22.0 Å². The molecule has 2 aromatic rings. The molecule has 2 N–H and O–H groups in total. The van der Waals surface area contributed by atoms with Crippen LogP contribution >= 0.6 is 0 Å². The zero-order valence-electron chi connectivity index (χ0n) is 14.4. The highest BCUT2D eigenvalue weighted by atomic mass is 32.2. The topological polar surface area (TPSA) is 75.3 Å². The van der Waals surface area contributed by atoms with Gasteiger partial charge in [0.15, 0.2) is 0 Å². The Morgan fingerprint density at radius 1 is 1.00 bits per heavy atom. The van der Waals surface area contributed by atoms with Gasteiger partial charge in [-0.05, 0) is 37.1 Å². The molecule has 0 heterocycles. The van der Waals surface area contributed by atoms with Gasteiger partial charge in [0.05, 0.1) is 5.75 Å². The summed E-state index contributed by atoms with van der Waals surface area (Å²) in [6.45, 7) is 3.63. The Bertz CT molecular complexity index is 862. The van der Waals surface area contributed by atoms with Crippen LogP contribution in [0, 0.1) is 11.6 Å². The molecule has 0 atom stereocenters. The van der Waals surface area contributed by atoms with Crippen LogP contribution in [0.1, 0.15) is 35.3 Å². The standard InChI is InChI=1S/C18H20F2N2O3S/c1-12(2)22-26(24,25)11-14-5-3-13(4-6-14)10-21-18(23)15-7-16(19)9-17(20)8-15/h3-9,12,22H,10-11H2,1-2H3,(H,21,23). The average molecular weight is 382 g/mol. The van der Waals surface area contributed by atoms with E-state index in [0.29, 0.717) is 11.6 Å². The zero-order valence-corrected chi connectivity index (χ0v) is 15.2. The van der Waals surface area contributed by atoms with Crippen molar-refractivity contribution >= 4 is 15.9 Å². The minimum atomic E-state index is -3.41. The summed E-state index contributed by atoms with van der Waals surface area (Å²) in [4.78, 5) is 11.9. The summed E-state index contributed by atoms with van der Waals surface area (Å²) in [6.07, 6.45) is 0. The molecule has 0 radical (unpaired) electrons. The van der Waals surface area contributed by atoms with Crippen molar-refractivity contribution in [1.82, 2.24) is 10.0 Å². The fourth-order valence-corrected chi connectivity index (χ4v) is 3.78. The molecule has 0 aromatic heterocycles. The van der Waals surface area contributed by atoms with Crippen LogP contribution < -0.4 is 10.0 Å². The smallest absolute Gasteiger partial charge is 0.251 e. The Hall–Kier alpha value is -2.32. The van der Waals surface area contributed by atoms with Crippen molar-refractivity contribution in [3.8, 4) is 0 Å². The van der Waals surface area contributed by atoms with Crippen molar-refractivity contribution in [3.05, 3.63) is 70.8 Å². The molecule has 0 spiro atoms. The first kappa shape index (κ1) is 20.0. The zero-order chi connectivity index (χ0) is 19.3. The van der Waals surface area contributed by atoms with Crippen molar-refractivity contribution in [2.24, 2.45) is 0 Å². The number of benzene rings is 2. The molecule has 0 unspecified atom stereocenters. The Balaban J connectivity index is 1.96. The fraction of sp³-hybridized carbons (Fsp3) is 0.278. The van der Waals surface area contributed by atoms with Crippen molar-refractivity contribution < 1.29 is 22.0 Å². The van der Waals surface area contributed by atoms with E-state index in [2.05, 4.69) is 10.0 Å². The predicted octanol–water partition coefficient (Wildman–Crippen LogP) is 2.72. The summed E-state index contributed by atoms with van der Waals surface area (Å²) < 4.78 is 52.6. The SMILES string of the molecule is CC(C)NS(=O)(=O)Cc1ccc(CNC(=O)c2cc(F)cc(F)c2)cc1. The van der Waals surface area contributed by atoms with Gasteiger partial charge in [0.2, 0.25) is 10.0 Å². The molecule has 0 bridgehead atoms. The quantitative estimate of drug-likeness (QED) is 0.773. The highest BCUT2D eigenvalue weighted by Crippen LogP contribution is 2.10. The van der Waals surface area contributed by atoms with E-state index in [1.54, 1.807) is 38.1 Å². The molecule has 0 aliphatic carbocycles. The Labute approximate surface area is 151 Å². The van der Waals surface area contributed by atoms with Gasteiger partial charge in [0.1, 0.15) is 11.6 Å². The van der Waals surface area contributed by atoms with Crippen LogP contribution in [0.25, 0.3) is 0 Å². The molecule has 0 aliphatic rings. The number of nitrogens with one attached hydrogen (secondary N) is 2. The van der Waals surface area contributed by atoms with Crippen molar-refractivity contribution in [2.75, 3.05) is 0 Å². The van der Waals surface area contributed by atoms with Gasteiger partial charge in [-0.3, -0.25) is 4.79 Å². The first-order valence-electron chi connectivity index (χ1n) is 7.97. The molecule has 2 aromatic carbocycles. The third kappa shape index (κ3) is 6.20. The Morgan fingerprint density at radius 2 is 1.54 bits per heavy atom. The number of carbonyl (C=O) groups excluding carboxylic acids is 1. The van der Waals surface area contributed by atoms with Crippen LogP contribution in [0.5, 0.6) is 0 Å². The maximum Gasteiger partial charge on any atom is 0.251 e. The molecule has 0 saturated heterocycles. The number of sulfonamides is 1. The maximum atomic E-state index is 13.1. The molecular weight excluding hydrogens is 362 g/mol. The third-order valence-corrected chi connectivity index (χ3v) is 4.92. The van der Waals surface area contributed by atoms with E-state index >= 15 is 0 Å². The van der Waals surface area contributed by atoms with E-state index in [1.165, 1.54) is 0 Å². The predicted molar refractivity (Wildman–Crippen MR) is 94.9 cm³/mol. The summed E-state index contributed by atoms with van der Waals surface area (Å²) in [7, 11) is -3.41. The van der Waals surface area contributed by atoms with Crippen LogP contribution in [0.15, 0.2) is 42.5 Å². The van der Waals surface area contributed by atoms with E-state index in [4.69, 9.17) is 0 Å². The van der Waals surface area contributed by atoms with Gasteiger partial charge >= 0.3 is 0 Å². The van der Waals surface area contributed by atoms with E-state index < -0.39 is 27.6 Å². The van der Waals surface area contributed by atoms with Crippen LogP contribution in [-0.2, 0) is 22.3 Å². The summed E-state index contributed by atoms with van der Waals surface area (Å²) >= 11 is 0. The Kier molecular flexibility index (Phi) is 6.44. The number of rotatable bonds is 7. The third-order valence-electron chi connectivity index (χ3n) is 3.37. The van der Waals surface area contributed by atoms with Crippen LogP contribution in [0.4, 0.5) is 8.78 Å². The van der Waals surface area contributed by atoms with Gasteiger partial charge in [-0.25, -0.2) is 21.9 Å². The largest absolute Gasteiger partial charge is 0.348 e. The van der Waals surface area contributed by atoms with Gasteiger partial charge in [0.25, 0.3) is 5.91 Å². The molecule has 2 rings (SSSR count). The molecule has 1 amide bonds. The number of halogens is 2. The maximum absolute atomic E-state index is 13.1. The van der Waals surface area contributed by atoms with Gasteiger partial charge in [-0.1, -0.05) is 24.3 Å². The lowest BCUT2D eigenvalue weighted by Crippen LogP contribution is -2.31. The summed E-state index contributed by atoms with van der Waals surface area (Å²) in [5.74, 6) is -2.39. The molecule has 0 aliphatic heterocycles. The minimum Gasteiger partial charge on any atom is -0.348 e. The number of hydrogen-bond acceptors (Lipinski definition) is 3. The molecule has 0 saturated carbocycles. The molecule has 8 heteroatoms. The first-order valence-corrected chi connectivity index (χ1v) is 9.62. The second-order valence-corrected chi connectivity index (χ2v) is 7.94. The van der Waals surface area contributed by atoms with Gasteiger partial charge in [-0.15, -0.1) is 0 Å². The molecule has 140 valence electrons. The minimum absolute atomic E-state index is 0.107. The molecule has 0 fully saturated rings. The number of hydrogen-bond donors (Lipinski definition) is 2. The van der Waals surface area contributed by atoms with Crippen LogP contribution in [0.3, 0.4) is 0 Å². The van der Waals surface area contributed by atoms with E-state index in [1.807, 2.05) is 0 Å². The van der Waals surface area contributed by atoms with Gasteiger partial charge in [-0.2, -0.15) is 0 Å². The molecular formula is C18H20F2N2O3S. The highest BCUT2D eigenvalue weighted by molar-refractivity contribution is 7.88. The van der Waals surface area contributed by atoms with Crippen molar-refractivity contribution in [2.45, 2.75) is 32.2 Å². The second kappa shape index (κ2) is 8.37. The van der Waals surface area contributed by atoms with Crippen molar-refractivity contribution in [1.29, 1.82) is 0 Å². The monoisotopic (exact) mass is 382 g/mol. The van der Waals surface area contributed by atoms with Gasteiger partial charge < -0.3 is 5.32 Å². The Morgan fingerprint density at radius 3 is 2.08 bits per heavy atom. The lowest BCUT2D eigenvalue weighted by atomic mass is 10.1. The van der Waals surface area contributed by atoms with Crippen LogP contribution in [0.2, 0.25) is 0 Å². The lowest BCUT2D eigenvalue weighted by molar-refractivity contribution is 0.0950. The molecule has 26 heavy (non-hydrogen) atoms. The molecule has 5 nitrogen and oxygen atoms in total. The highest BCUT2D eigenvalue weighted by Gasteiger charge is 2.13. The second-order valence-electron chi connectivity index (χ2n) is 6.19. The van der Waals surface area contributed by atoms with Crippen molar-refractivity contribution in [3.63, 3.8) is 0 Å². The van der Waals surface area contributed by atoms with E-state index in [-0.39, 0.29) is 23.9 Å². The summed E-state index contributed by atoms with van der Waals surface area (Å²) in [5.41, 5.74) is 1.23. The number of amides is 1. The van der Waals surface area contributed by atoms with Gasteiger partial charge in [0, 0.05) is 24.2 Å². The van der Waals surface area contributed by atoms with E-state index in [0.717, 1.165) is 17.7 Å². The normalized spacial score (nSPS) is 11.6. The summed E-state index contributed by atoms with van der Waals surface area (Å²) in [5, 5.41) is 2.56. The number of carbonyl (C=O) groups is 1. The fourth-order valence-electron chi connectivity index (χ4n) is 2.34. The summed E-state index contributed by atoms with van der Waals surface area (Å²) in [6, 6.07) is 9.10. The lowest BCUT2D eigenvalue weighted by Gasteiger charge is -2.10. The van der Waals surface area contributed by atoms with Crippen LogP contribution in [-0.4, -0.2) is 20.4 Å². The first-order chi connectivity index (χ1) is 12.1.